The highest BCUT2D eigenvalue weighted by atomic mass is 14.9. The summed E-state index contributed by atoms with van der Waals surface area (Å²) in [5.74, 6) is 3.10. The molecule has 3 atom stereocenters. The van der Waals surface area contributed by atoms with Gasteiger partial charge in [-0.1, -0.05) is 39.0 Å². The Morgan fingerprint density at radius 2 is 1.87 bits per heavy atom. The van der Waals surface area contributed by atoms with Crippen molar-refractivity contribution in [1.29, 1.82) is 0 Å². The summed E-state index contributed by atoms with van der Waals surface area (Å²) < 4.78 is 0. The third kappa shape index (κ3) is 3.21. The van der Waals surface area contributed by atoms with Crippen LogP contribution in [0.5, 0.6) is 0 Å². The predicted octanol–water partition coefficient (Wildman–Crippen LogP) is 3.59. The summed E-state index contributed by atoms with van der Waals surface area (Å²) in [7, 11) is 0. The topological polar surface area (TPSA) is 12.0 Å². The monoisotopic (exact) mass is 209 g/mol. The second kappa shape index (κ2) is 5.89. The van der Waals surface area contributed by atoms with E-state index in [1.807, 2.05) is 0 Å². The predicted molar refractivity (Wildman–Crippen MR) is 65.9 cm³/mol. The smallest absolute Gasteiger partial charge is 0.00179 e. The summed E-state index contributed by atoms with van der Waals surface area (Å²) in [5.41, 5.74) is 0. The highest BCUT2D eigenvalue weighted by Gasteiger charge is 2.27. The molecule has 3 unspecified atom stereocenters. The van der Waals surface area contributed by atoms with Crippen molar-refractivity contribution in [3.63, 3.8) is 0 Å². The van der Waals surface area contributed by atoms with Gasteiger partial charge < -0.3 is 5.32 Å². The SMILES string of the molecule is CCC1CCCC(C2CCCCNC2)C1. The molecule has 0 aromatic heterocycles. The van der Waals surface area contributed by atoms with Gasteiger partial charge in [0.05, 0.1) is 0 Å². The average molecular weight is 209 g/mol. The minimum atomic E-state index is 1.00. The van der Waals surface area contributed by atoms with E-state index in [1.54, 1.807) is 0 Å². The van der Waals surface area contributed by atoms with Crippen molar-refractivity contribution in [2.45, 2.75) is 58.3 Å². The van der Waals surface area contributed by atoms with Crippen molar-refractivity contribution in [2.75, 3.05) is 13.1 Å². The molecule has 0 radical (unpaired) electrons. The molecule has 2 rings (SSSR count). The second-order valence-corrected chi connectivity index (χ2v) is 5.66. The molecule has 0 amide bonds. The van der Waals surface area contributed by atoms with Gasteiger partial charge >= 0.3 is 0 Å². The van der Waals surface area contributed by atoms with Gasteiger partial charge in [-0.15, -0.1) is 0 Å². The molecule has 0 aromatic carbocycles. The molecule has 0 bridgehead atoms. The maximum absolute atomic E-state index is 3.63. The van der Waals surface area contributed by atoms with Gasteiger partial charge in [-0.25, -0.2) is 0 Å². The summed E-state index contributed by atoms with van der Waals surface area (Å²) in [6, 6.07) is 0. The van der Waals surface area contributed by atoms with Crippen molar-refractivity contribution < 1.29 is 0 Å². The van der Waals surface area contributed by atoms with E-state index >= 15 is 0 Å². The Morgan fingerprint density at radius 3 is 2.73 bits per heavy atom. The lowest BCUT2D eigenvalue weighted by molar-refractivity contribution is 0.184. The highest BCUT2D eigenvalue weighted by Crippen LogP contribution is 2.37. The largest absolute Gasteiger partial charge is 0.316 e. The molecule has 1 saturated heterocycles. The Hall–Kier alpha value is -0.0400. The molecule has 1 aliphatic heterocycles. The van der Waals surface area contributed by atoms with Crippen molar-refractivity contribution >= 4 is 0 Å². The van der Waals surface area contributed by atoms with Crippen LogP contribution < -0.4 is 5.32 Å². The van der Waals surface area contributed by atoms with Gasteiger partial charge in [-0.3, -0.25) is 0 Å². The number of nitrogens with one attached hydrogen (secondary N) is 1. The lowest BCUT2D eigenvalue weighted by atomic mass is 9.73. The maximum Gasteiger partial charge on any atom is -0.00179 e. The van der Waals surface area contributed by atoms with Crippen molar-refractivity contribution in [3.8, 4) is 0 Å². The Balaban J connectivity index is 1.84. The molecule has 0 aromatic rings. The molecule has 2 aliphatic rings. The van der Waals surface area contributed by atoms with Crippen LogP contribution in [0.2, 0.25) is 0 Å². The van der Waals surface area contributed by atoms with Crippen molar-refractivity contribution in [1.82, 2.24) is 5.32 Å². The Bertz CT molecular complexity index is 170. The summed E-state index contributed by atoms with van der Waals surface area (Å²) in [6.07, 6.45) is 11.8. The molecular weight excluding hydrogens is 182 g/mol. The molecule has 1 heterocycles. The first-order valence-corrected chi connectivity index (χ1v) is 7.11. The molecule has 1 nitrogen and oxygen atoms in total. The van der Waals surface area contributed by atoms with Gasteiger partial charge in [-0.2, -0.15) is 0 Å². The molecule has 88 valence electrons. The van der Waals surface area contributed by atoms with Gasteiger partial charge in [-0.05, 0) is 50.1 Å². The van der Waals surface area contributed by atoms with Crippen LogP contribution in [-0.2, 0) is 0 Å². The number of hydrogen-bond donors (Lipinski definition) is 1. The minimum Gasteiger partial charge on any atom is -0.316 e. The van der Waals surface area contributed by atoms with Crippen LogP contribution in [0.25, 0.3) is 0 Å². The Kier molecular flexibility index (Phi) is 4.49. The first-order valence-electron chi connectivity index (χ1n) is 7.11. The van der Waals surface area contributed by atoms with E-state index in [2.05, 4.69) is 12.2 Å². The summed E-state index contributed by atoms with van der Waals surface area (Å²) in [4.78, 5) is 0. The van der Waals surface area contributed by atoms with E-state index < -0.39 is 0 Å². The van der Waals surface area contributed by atoms with Crippen molar-refractivity contribution in [2.24, 2.45) is 17.8 Å². The molecular formula is C14H27N. The maximum atomic E-state index is 3.63. The lowest BCUT2D eigenvalue weighted by Gasteiger charge is -2.34. The Labute approximate surface area is 95.0 Å². The van der Waals surface area contributed by atoms with Crippen LogP contribution in [0.1, 0.15) is 58.3 Å². The van der Waals surface area contributed by atoms with Gasteiger partial charge in [0.25, 0.3) is 0 Å². The standard InChI is InChI=1S/C14H27N/c1-2-12-6-5-8-13(10-12)14-7-3-4-9-15-11-14/h12-15H,2-11H2,1H3. The van der Waals surface area contributed by atoms with E-state index in [0.29, 0.717) is 0 Å². The summed E-state index contributed by atoms with van der Waals surface area (Å²) in [5, 5.41) is 3.63. The number of hydrogen-bond acceptors (Lipinski definition) is 1. The molecule has 0 spiro atoms. The van der Waals surface area contributed by atoms with Crippen LogP contribution in [-0.4, -0.2) is 13.1 Å². The van der Waals surface area contributed by atoms with Crippen LogP contribution in [0.3, 0.4) is 0 Å². The van der Waals surface area contributed by atoms with Crippen LogP contribution in [0.4, 0.5) is 0 Å². The first-order chi connectivity index (χ1) is 7.40. The Morgan fingerprint density at radius 1 is 1.00 bits per heavy atom. The third-order valence-electron chi connectivity index (χ3n) is 4.65. The highest BCUT2D eigenvalue weighted by molar-refractivity contribution is 4.80. The molecule has 1 aliphatic carbocycles. The quantitative estimate of drug-likeness (QED) is 0.733. The van der Waals surface area contributed by atoms with E-state index in [-0.39, 0.29) is 0 Å². The van der Waals surface area contributed by atoms with E-state index in [4.69, 9.17) is 0 Å². The molecule has 2 fully saturated rings. The number of rotatable bonds is 2. The first kappa shape index (κ1) is 11.4. The van der Waals surface area contributed by atoms with Crippen LogP contribution in [0, 0.1) is 17.8 Å². The molecule has 1 saturated carbocycles. The normalized spacial score (nSPS) is 38.6. The second-order valence-electron chi connectivity index (χ2n) is 5.66. The average Bonchev–Trinajstić information content (AvgIpc) is 2.58. The fourth-order valence-corrected chi connectivity index (χ4v) is 3.58. The summed E-state index contributed by atoms with van der Waals surface area (Å²) >= 11 is 0. The zero-order valence-electron chi connectivity index (χ0n) is 10.3. The molecule has 1 N–H and O–H groups in total. The lowest BCUT2D eigenvalue weighted by Crippen LogP contribution is -2.29. The van der Waals surface area contributed by atoms with Crippen LogP contribution >= 0.6 is 0 Å². The van der Waals surface area contributed by atoms with Gasteiger partial charge in [0.1, 0.15) is 0 Å². The van der Waals surface area contributed by atoms with E-state index in [9.17, 15) is 0 Å². The summed E-state index contributed by atoms with van der Waals surface area (Å²) in [6.45, 7) is 4.94. The van der Waals surface area contributed by atoms with Crippen LogP contribution in [0.15, 0.2) is 0 Å². The zero-order valence-corrected chi connectivity index (χ0v) is 10.3. The van der Waals surface area contributed by atoms with E-state index in [1.165, 1.54) is 64.5 Å². The molecule has 15 heavy (non-hydrogen) atoms. The zero-order chi connectivity index (χ0) is 10.5. The fourth-order valence-electron chi connectivity index (χ4n) is 3.58. The van der Waals surface area contributed by atoms with Gasteiger partial charge in [0.2, 0.25) is 0 Å². The third-order valence-corrected chi connectivity index (χ3v) is 4.65. The molecule has 1 heteroatoms. The minimum absolute atomic E-state index is 1.00. The van der Waals surface area contributed by atoms with Crippen molar-refractivity contribution in [3.05, 3.63) is 0 Å². The van der Waals surface area contributed by atoms with Gasteiger partial charge in [0, 0.05) is 0 Å². The van der Waals surface area contributed by atoms with E-state index in [0.717, 1.165) is 17.8 Å². The van der Waals surface area contributed by atoms with Gasteiger partial charge in [0.15, 0.2) is 0 Å². The fraction of sp³-hybridized carbons (Fsp3) is 1.00.